The molecular weight excluding hydrogens is 278 g/mol. The van der Waals surface area contributed by atoms with Gasteiger partial charge in [-0.2, -0.15) is 4.99 Å². The summed E-state index contributed by atoms with van der Waals surface area (Å²) in [5, 5.41) is 0.753. The predicted molar refractivity (Wildman–Crippen MR) is 79.9 cm³/mol. The molecule has 0 atom stereocenters. The molecule has 0 amide bonds. The van der Waals surface area contributed by atoms with Crippen LogP contribution < -0.4 is 22.4 Å². The molecule has 0 aliphatic rings. The molecule has 0 aliphatic heterocycles. The Morgan fingerprint density at radius 3 is 2.15 bits per heavy atom. The minimum absolute atomic E-state index is 0.0401. The third kappa shape index (κ3) is 3.77. The average Bonchev–Trinajstić information content (AvgIpc) is 2.41. The van der Waals surface area contributed by atoms with Crippen molar-refractivity contribution >= 4 is 31.6 Å². The molecule has 0 saturated carbocycles. The molecule has 0 fully saturated rings. The van der Waals surface area contributed by atoms with Crippen LogP contribution in [0.5, 0.6) is 0 Å². The molecule has 0 unspecified atom stereocenters. The summed E-state index contributed by atoms with van der Waals surface area (Å²) in [6, 6.07) is 7.12. The molecule has 0 aliphatic carbocycles. The van der Waals surface area contributed by atoms with E-state index < -0.39 is 8.80 Å². The first-order valence-electron chi connectivity index (χ1n) is 5.67. The number of nitrogens with two attached hydrogens (primary N) is 3. The topological polar surface area (TPSA) is 130 Å². The highest BCUT2D eigenvalue weighted by Gasteiger charge is 2.40. The maximum atomic E-state index is 5.58. The molecule has 6 N–H and O–H groups in total. The van der Waals surface area contributed by atoms with Crippen molar-refractivity contribution in [3.8, 4) is 0 Å². The van der Waals surface area contributed by atoms with Crippen molar-refractivity contribution in [1.82, 2.24) is 0 Å². The average molecular weight is 297 g/mol. The number of guanidine groups is 2. The first-order chi connectivity index (χ1) is 9.47. The molecule has 110 valence electrons. The second-order valence-corrected chi connectivity index (χ2v) is 6.64. The number of rotatable bonds is 5. The largest absolute Gasteiger partial charge is 0.536 e. The fourth-order valence-corrected chi connectivity index (χ4v) is 3.49. The third-order valence-electron chi connectivity index (χ3n) is 2.49. The lowest BCUT2D eigenvalue weighted by molar-refractivity contribution is 0.140. The molecule has 20 heavy (non-hydrogen) atoms. The van der Waals surface area contributed by atoms with Gasteiger partial charge in [-0.1, -0.05) is 12.1 Å². The van der Waals surface area contributed by atoms with E-state index in [-0.39, 0.29) is 11.9 Å². The van der Waals surface area contributed by atoms with Crippen molar-refractivity contribution in [2.24, 2.45) is 27.2 Å². The van der Waals surface area contributed by atoms with Crippen molar-refractivity contribution in [2.45, 2.75) is 0 Å². The van der Waals surface area contributed by atoms with E-state index in [1.165, 1.54) is 21.3 Å². The Bertz CT molecular complexity index is 504. The Hall–Kier alpha value is -1.94. The zero-order valence-electron chi connectivity index (χ0n) is 11.7. The van der Waals surface area contributed by atoms with Gasteiger partial charge in [-0.15, -0.1) is 0 Å². The van der Waals surface area contributed by atoms with Crippen molar-refractivity contribution in [1.29, 1.82) is 0 Å². The van der Waals surface area contributed by atoms with Gasteiger partial charge in [0.1, 0.15) is 0 Å². The van der Waals surface area contributed by atoms with Gasteiger partial charge in [0.25, 0.3) is 0 Å². The van der Waals surface area contributed by atoms with Crippen molar-refractivity contribution < 1.29 is 13.3 Å². The van der Waals surface area contributed by atoms with Crippen molar-refractivity contribution in [3.05, 3.63) is 24.3 Å². The van der Waals surface area contributed by atoms with Crippen LogP contribution in [-0.4, -0.2) is 42.1 Å². The number of hydrogen-bond acceptors (Lipinski definition) is 4. The van der Waals surface area contributed by atoms with Gasteiger partial charge in [0, 0.05) is 26.5 Å². The molecule has 0 radical (unpaired) electrons. The summed E-state index contributed by atoms with van der Waals surface area (Å²) < 4.78 is 16.2. The van der Waals surface area contributed by atoms with Crippen LogP contribution in [0.25, 0.3) is 0 Å². The Morgan fingerprint density at radius 2 is 1.65 bits per heavy atom. The van der Waals surface area contributed by atoms with E-state index in [0.29, 0.717) is 5.69 Å². The predicted octanol–water partition coefficient (Wildman–Crippen LogP) is -1.01. The van der Waals surface area contributed by atoms with Gasteiger partial charge >= 0.3 is 8.80 Å². The van der Waals surface area contributed by atoms with Gasteiger partial charge < -0.3 is 30.5 Å². The Balaban J connectivity index is 3.17. The summed E-state index contributed by atoms with van der Waals surface area (Å²) in [7, 11) is 1.69. The summed E-state index contributed by atoms with van der Waals surface area (Å²) in [5.74, 6) is -0.196. The zero-order valence-corrected chi connectivity index (χ0v) is 12.7. The lowest BCUT2D eigenvalue weighted by Crippen LogP contribution is -2.54. The minimum Gasteiger partial charge on any atom is -0.373 e. The maximum absolute atomic E-state index is 5.58. The smallest absolute Gasteiger partial charge is 0.373 e. The lowest BCUT2D eigenvalue weighted by Gasteiger charge is -2.24. The normalized spacial score (nSPS) is 12.2. The van der Waals surface area contributed by atoms with Gasteiger partial charge in [-0.3, -0.25) is 0 Å². The summed E-state index contributed by atoms with van der Waals surface area (Å²) >= 11 is 0. The molecule has 0 bridgehead atoms. The van der Waals surface area contributed by atoms with Crippen LogP contribution >= 0.6 is 0 Å². The Morgan fingerprint density at radius 1 is 1.05 bits per heavy atom. The van der Waals surface area contributed by atoms with E-state index in [4.69, 9.17) is 30.5 Å². The first kappa shape index (κ1) is 16.1. The van der Waals surface area contributed by atoms with Crippen LogP contribution in [0.4, 0.5) is 5.69 Å². The molecule has 0 saturated heterocycles. The molecule has 0 spiro atoms. The van der Waals surface area contributed by atoms with Gasteiger partial charge in [-0.25, -0.2) is 4.99 Å². The van der Waals surface area contributed by atoms with Gasteiger partial charge in [-0.05, 0) is 12.1 Å². The molecule has 0 aromatic heterocycles. The number of benzene rings is 1. The quantitative estimate of drug-likeness (QED) is 0.363. The Kier molecular flexibility index (Phi) is 5.64. The molecule has 1 aromatic rings. The van der Waals surface area contributed by atoms with E-state index in [0.717, 1.165) is 5.19 Å². The van der Waals surface area contributed by atoms with Crippen LogP contribution in [0, 0.1) is 0 Å². The Labute approximate surface area is 118 Å². The summed E-state index contributed by atoms with van der Waals surface area (Å²) in [5.41, 5.74) is 16.6. The van der Waals surface area contributed by atoms with Crippen molar-refractivity contribution in [2.75, 3.05) is 21.3 Å². The third-order valence-corrected chi connectivity index (χ3v) is 5.12. The van der Waals surface area contributed by atoms with Gasteiger partial charge in [0.2, 0.25) is 5.96 Å². The first-order valence-corrected chi connectivity index (χ1v) is 7.39. The highest BCUT2D eigenvalue weighted by molar-refractivity contribution is 6.75. The molecule has 1 rings (SSSR count). The SMILES string of the molecule is CO[Si](OC)(OC)c1cccc(N=C(N)N=C(N)N)c1. The zero-order chi connectivity index (χ0) is 15.2. The van der Waals surface area contributed by atoms with Gasteiger partial charge in [0.05, 0.1) is 5.69 Å². The van der Waals surface area contributed by atoms with Gasteiger partial charge in [0.15, 0.2) is 5.96 Å². The van der Waals surface area contributed by atoms with E-state index >= 15 is 0 Å². The van der Waals surface area contributed by atoms with E-state index in [1.807, 2.05) is 6.07 Å². The molecule has 8 nitrogen and oxygen atoms in total. The van der Waals surface area contributed by atoms with E-state index in [1.54, 1.807) is 18.2 Å². The molecule has 1 aromatic carbocycles. The molecule has 0 heterocycles. The lowest BCUT2D eigenvalue weighted by atomic mass is 10.3. The highest BCUT2D eigenvalue weighted by Crippen LogP contribution is 2.14. The summed E-state index contributed by atoms with van der Waals surface area (Å²) in [6.07, 6.45) is 0. The molecule has 9 heteroatoms. The highest BCUT2D eigenvalue weighted by atomic mass is 28.4. The standard InChI is InChI=1S/C11H19N5O3Si/c1-17-20(18-2,19-3)9-6-4-5-8(7-9)15-11(14)16-10(12)13/h4-7H,1-3H3,(H6,12,13,14,15,16). The van der Waals surface area contributed by atoms with Crippen molar-refractivity contribution in [3.63, 3.8) is 0 Å². The van der Waals surface area contributed by atoms with Crippen LogP contribution in [0.15, 0.2) is 34.3 Å². The van der Waals surface area contributed by atoms with Crippen LogP contribution in [0.2, 0.25) is 0 Å². The minimum atomic E-state index is -2.90. The fraction of sp³-hybridized carbons (Fsp3) is 0.273. The molecular formula is C11H19N5O3Si. The van der Waals surface area contributed by atoms with E-state index in [9.17, 15) is 0 Å². The van der Waals surface area contributed by atoms with E-state index in [2.05, 4.69) is 9.98 Å². The summed E-state index contributed by atoms with van der Waals surface area (Å²) in [6.45, 7) is 0. The fourth-order valence-electron chi connectivity index (χ4n) is 1.66. The second kappa shape index (κ2) is 7.00. The van der Waals surface area contributed by atoms with Crippen LogP contribution in [0.3, 0.4) is 0 Å². The number of nitrogens with zero attached hydrogens (tertiary/aromatic N) is 2. The van der Waals surface area contributed by atoms with Crippen LogP contribution in [0.1, 0.15) is 0 Å². The van der Waals surface area contributed by atoms with Crippen LogP contribution in [-0.2, 0) is 13.3 Å². The second-order valence-electron chi connectivity index (χ2n) is 3.73. The maximum Gasteiger partial charge on any atom is 0.536 e. The summed E-state index contributed by atoms with van der Waals surface area (Å²) in [4.78, 5) is 7.72. The number of hydrogen-bond donors (Lipinski definition) is 3. The number of aliphatic imine (C=N–C) groups is 2. The monoisotopic (exact) mass is 297 g/mol.